The number of carbonyl (C=O) groups is 1. The lowest BCUT2D eigenvalue weighted by Crippen LogP contribution is -2.39. The lowest BCUT2D eigenvalue weighted by molar-refractivity contribution is -0.117. The zero-order valence-electron chi connectivity index (χ0n) is 12.4. The van der Waals surface area contributed by atoms with E-state index in [9.17, 15) is 4.79 Å². The first-order valence-corrected chi connectivity index (χ1v) is 8.21. The van der Waals surface area contributed by atoms with Crippen molar-refractivity contribution in [2.24, 2.45) is 0 Å². The maximum atomic E-state index is 12.3. The van der Waals surface area contributed by atoms with Crippen molar-refractivity contribution < 1.29 is 4.79 Å². The average molecular weight is 382 g/mol. The summed E-state index contributed by atoms with van der Waals surface area (Å²) in [6, 6.07) is 14.9. The van der Waals surface area contributed by atoms with Crippen LogP contribution in [-0.2, 0) is 4.79 Å². The fourth-order valence-electron chi connectivity index (χ4n) is 2.13. The SMILES string of the molecule is CC(NC(C)c1cccc(Cl)c1)C(=O)Nc1ccccc1Br. The van der Waals surface area contributed by atoms with Crippen molar-refractivity contribution in [3.63, 3.8) is 0 Å². The Morgan fingerprint density at radius 3 is 2.55 bits per heavy atom. The number of anilines is 1. The Morgan fingerprint density at radius 1 is 1.14 bits per heavy atom. The third-order valence-electron chi connectivity index (χ3n) is 3.37. The Balaban J connectivity index is 1.98. The van der Waals surface area contributed by atoms with Gasteiger partial charge in [-0.05, 0) is 59.6 Å². The number of nitrogens with one attached hydrogen (secondary N) is 2. The molecule has 0 fully saturated rings. The molecule has 3 nitrogen and oxygen atoms in total. The van der Waals surface area contributed by atoms with Gasteiger partial charge >= 0.3 is 0 Å². The van der Waals surface area contributed by atoms with Crippen LogP contribution >= 0.6 is 27.5 Å². The van der Waals surface area contributed by atoms with Crippen molar-refractivity contribution in [2.75, 3.05) is 5.32 Å². The summed E-state index contributed by atoms with van der Waals surface area (Å²) in [7, 11) is 0. The molecule has 2 unspecified atom stereocenters. The molecule has 0 aliphatic carbocycles. The number of hydrogen-bond donors (Lipinski definition) is 2. The number of amides is 1. The first-order valence-electron chi connectivity index (χ1n) is 7.04. The van der Waals surface area contributed by atoms with E-state index < -0.39 is 0 Å². The molecule has 2 rings (SSSR count). The molecule has 0 spiro atoms. The van der Waals surface area contributed by atoms with Crippen molar-refractivity contribution >= 4 is 39.1 Å². The van der Waals surface area contributed by atoms with E-state index in [1.165, 1.54) is 0 Å². The zero-order chi connectivity index (χ0) is 16.1. The Kier molecular flexibility index (Phi) is 6.00. The van der Waals surface area contributed by atoms with Crippen molar-refractivity contribution in [1.29, 1.82) is 0 Å². The second-order valence-electron chi connectivity index (χ2n) is 5.13. The molecule has 0 saturated carbocycles. The maximum Gasteiger partial charge on any atom is 0.241 e. The standard InChI is InChI=1S/C17H18BrClN2O/c1-11(13-6-5-7-14(19)10-13)20-12(2)17(22)21-16-9-4-3-8-15(16)18/h3-12,20H,1-2H3,(H,21,22). The van der Waals surface area contributed by atoms with Gasteiger partial charge in [0, 0.05) is 15.5 Å². The highest BCUT2D eigenvalue weighted by Gasteiger charge is 2.17. The Bertz CT molecular complexity index is 663. The van der Waals surface area contributed by atoms with E-state index in [0.29, 0.717) is 5.02 Å². The molecule has 5 heteroatoms. The smallest absolute Gasteiger partial charge is 0.241 e. The van der Waals surface area contributed by atoms with Crippen molar-refractivity contribution in [1.82, 2.24) is 5.32 Å². The van der Waals surface area contributed by atoms with E-state index in [-0.39, 0.29) is 18.0 Å². The molecule has 0 aromatic heterocycles. The van der Waals surface area contributed by atoms with E-state index in [1.807, 2.05) is 62.4 Å². The van der Waals surface area contributed by atoms with Crippen LogP contribution in [0.3, 0.4) is 0 Å². The predicted molar refractivity (Wildman–Crippen MR) is 95.2 cm³/mol. The molecule has 0 heterocycles. The molecule has 0 aliphatic rings. The van der Waals surface area contributed by atoms with Crippen molar-refractivity contribution in [2.45, 2.75) is 25.9 Å². The quantitative estimate of drug-likeness (QED) is 0.782. The summed E-state index contributed by atoms with van der Waals surface area (Å²) in [5, 5.41) is 6.87. The van der Waals surface area contributed by atoms with Crippen molar-refractivity contribution in [3.8, 4) is 0 Å². The van der Waals surface area contributed by atoms with Gasteiger partial charge in [0.15, 0.2) is 0 Å². The van der Waals surface area contributed by atoms with E-state index in [2.05, 4.69) is 26.6 Å². The second kappa shape index (κ2) is 7.77. The summed E-state index contributed by atoms with van der Waals surface area (Å²) in [5.41, 5.74) is 1.81. The molecule has 0 saturated heterocycles. The lowest BCUT2D eigenvalue weighted by Gasteiger charge is -2.20. The summed E-state index contributed by atoms with van der Waals surface area (Å²) in [4.78, 5) is 12.3. The molecule has 0 aliphatic heterocycles. The van der Waals surface area contributed by atoms with Gasteiger partial charge in [-0.25, -0.2) is 0 Å². The topological polar surface area (TPSA) is 41.1 Å². The van der Waals surface area contributed by atoms with Crippen molar-refractivity contribution in [3.05, 3.63) is 63.6 Å². The Hall–Kier alpha value is -1.36. The number of halogens is 2. The van der Waals surface area contributed by atoms with Gasteiger partial charge in [0.25, 0.3) is 0 Å². The molecule has 0 bridgehead atoms. The summed E-state index contributed by atoms with van der Waals surface area (Å²) < 4.78 is 0.860. The van der Waals surface area contributed by atoms with Crippen LogP contribution in [0.4, 0.5) is 5.69 Å². The summed E-state index contributed by atoms with van der Waals surface area (Å²) in [6.07, 6.45) is 0. The van der Waals surface area contributed by atoms with Gasteiger partial charge in [-0.1, -0.05) is 35.9 Å². The first kappa shape index (κ1) is 17.0. The van der Waals surface area contributed by atoms with Gasteiger partial charge in [-0.3, -0.25) is 10.1 Å². The number of rotatable bonds is 5. The number of carbonyl (C=O) groups excluding carboxylic acids is 1. The molecular formula is C17H18BrClN2O. The highest BCUT2D eigenvalue weighted by atomic mass is 79.9. The van der Waals surface area contributed by atoms with E-state index in [1.54, 1.807) is 0 Å². The van der Waals surface area contributed by atoms with Crippen LogP contribution < -0.4 is 10.6 Å². The summed E-state index contributed by atoms with van der Waals surface area (Å²) in [6.45, 7) is 3.85. The lowest BCUT2D eigenvalue weighted by atomic mass is 10.1. The Morgan fingerprint density at radius 2 is 1.86 bits per heavy atom. The number of benzene rings is 2. The van der Waals surface area contributed by atoms with Crippen LogP contribution in [0, 0.1) is 0 Å². The van der Waals surface area contributed by atoms with Crippen LogP contribution in [0.2, 0.25) is 5.02 Å². The number of para-hydroxylation sites is 1. The molecule has 1 amide bonds. The van der Waals surface area contributed by atoms with Crippen LogP contribution in [-0.4, -0.2) is 11.9 Å². The van der Waals surface area contributed by atoms with Gasteiger partial charge in [0.2, 0.25) is 5.91 Å². The molecule has 2 aromatic carbocycles. The van der Waals surface area contributed by atoms with Crippen LogP contribution in [0.25, 0.3) is 0 Å². The molecule has 2 aromatic rings. The fourth-order valence-corrected chi connectivity index (χ4v) is 2.71. The Labute approximate surface area is 144 Å². The molecule has 22 heavy (non-hydrogen) atoms. The summed E-state index contributed by atoms with van der Waals surface area (Å²) in [5.74, 6) is -0.0826. The molecule has 2 atom stereocenters. The van der Waals surface area contributed by atoms with Crippen LogP contribution in [0.5, 0.6) is 0 Å². The van der Waals surface area contributed by atoms with Gasteiger partial charge in [-0.15, -0.1) is 0 Å². The third kappa shape index (κ3) is 4.57. The zero-order valence-corrected chi connectivity index (χ0v) is 14.8. The van der Waals surface area contributed by atoms with Gasteiger partial charge in [0.05, 0.1) is 11.7 Å². The first-order chi connectivity index (χ1) is 10.5. The maximum absolute atomic E-state index is 12.3. The van der Waals surface area contributed by atoms with Gasteiger partial charge in [0.1, 0.15) is 0 Å². The summed E-state index contributed by atoms with van der Waals surface area (Å²) >= 11 is 9.42. The largest absolute Gasteiger partial charge is 0.324 e. The number of hydrogen-bond acceptors (Lipinski definition) is 2. The highest BCUT2D eigenvalue weighted by molar-refractivity contribution is 9.10. The monoisotopic (exact) mass is 380 g/mol. The average Bonchev–Trinajstić information content (AvgIpc) is 2.49. The van der Waals surface area contributed by atoms with Gasteiger partial charge in [-0.2, -0.15) is 0 Å². The van der Waals surface area contributed by atoms with E-state index in [0.717, 1.165) is 15.7 Å². The minimum atomic E-state index is -0.332. The second-order valence-corrected chi connectivity index (χ2v) is 6.42. The van der Waals surface area contributed by atoms with Crippen LogP contribution in [0.15, 0.2) is 53.0 Å². The normalized spacial score (nSPS) is 13.5. The van der Waals surface area contributed by atoms with Gasteiger partial charge < -0.3 is 5.32 Å². The van der Waals surface area contributed by atoms with E-state index >= 15 is 0 Å². The minimum absolute atomic E-state index is 0.0265. The third-order valence-corrected chi connectivity index (χ3v) is 4.30. The molecule has 116 valence electrons. The molecule has 2 N–H and O–H groups in total. The predicted octanol–water partition coefficient (Wildman–Crippen LogP) is 4.78. The molecule has 0 radical (unpaired) electrons. The molecular weight excluding hydrogens is 364 g/mol. The minimum Gasteiger partial charge on any atom is -0.324 e. The fraction of sp³-hybridized carbons (Fsp3) is 0.235. The van der Waals surface area contributed by atoms with Crippen LogP contribution in [0.1, 0.15) is 25.5 Å². The van der Waals surface area contributed by atoms with E-state index in [4.69, 9.17) is 11.6 Å². The highest BCUT2D eigenvalue weighted by Crippen LogP contribution is 2.22.